The molecule has 1 amide bonds. The minimum absolute atomic E-state index is 0.00545. The summed E-state index contributed by atoms with van der Waals surface area (Å²) < 4.78 is 11.1. The molecule has 0 spiro atoms. The summed E-state index contributed by atoms with van der Waals surface area (Å²) in [6, 6.07) is 20.1. The third-order valence-electron chi connectivity index (χ3n) is 6.32. The predicted molar refractivity (Wildman–Crippen MR) is 147 cm³/mol. The van der Waals surface area contributed by atoms with Crippen molar-refractivity contribution in [2.45, 2.75) is 19.1 Å². The van der Waals surface area contributed by atoms with Crippen LogP contribution in [-0.4, -0.2) is 60.5 Å². The third-order valence-corrected chi connectivity index (χ3v) is 6.32. The number of amidine groups is 1. The second kappa shape index (κ2) is 11.1. The molecule has 2 atom stereocenters. The Bertz CT molecular complexity index is 1510. The maximum atomic E-state index is 13.1. The number of amides is 1. The number of pyridine rings is 1. The number of anilines is 2. The number of aromatic nitrogens is 1. The second-order valence-corrected chi connectivity index (χ2v) is 8.97. The number of rotatable bonds is 4. The van der Waals surface area contributed by atoms with Crippen molar-refractivity contribution in [3.05, 3.63) is 89.2 Å². The van der Waals surface area contributed by atoms with Crippen LogP contribution in [0.5, 0.6) is 0 Å². The summed E-state index contributed by atoms with van der Waals surface area (Å²) in [4.78, 5) is 28.2. The molecule has 11 heteroatoms. The highest BCUT2D eigenvalue weighted by Crippen LogP contribution is 2.26. The van der Waals surface area contributed by atoms with Crippen LogP contribution >= 0.6 is 0 Å². The SMILES string of the molecule is C[C@@H]1COCCN1c1cc(C#N)cnc1C(=N)O/C(N)=N/C1N=C(c2ccccc2)c2ccccc2NC1=O. The number of hydrogen-bond acceptors (Lipinski definition) is 9. The van der Waals surface area contributed by atoms with Crippen LogP contribution in [0.1, 0.15) is 29.3 Å². The fourth-order valence-corrected chi connectivity index (χ4v) is 4.45. The molecule has 39 heavy (non-hydrogen) atoms. The summed E-state index contributed by atoms with van der Waals surface area (Å²) in [6.45, 7) is 3.53. The van der Waals surface area contributed by atoms with Crippen molar-refractivity contribution < 1.29 is 14.3 Å². The van der Waals surface area contributed by atoms with Gasteiger partial charge in [-0.3, -0.25) is 10.2 Å². The Labute approximate surface area is 225 Å². The second-order valence-electron chi connectivity index (χ2n) is 8.97. The lowest BCUT2D eigenvalue weighted by atomic mass is 10.0. The van der Waals surface area contributed by atoms with Crippen LogP contribution in [0.15, 0.2) is 76.8 Å². The van der Waals surface area contributed by atoms with Gasteiger partial charge in [0, 0.05) is 29.9 Å². The van der Waals surface area contributed by atoms with Crippen LogP contribution in [0.25, 0.3) is 0 Å². The number of benzodiazepines with no additional fused rings is 1. The summed E-state index contributed by atoms with van der Waals surface area (Å²) in [7, 11) is 0. The van der Waals surface area contributed by atoms with Crippen molar-refractivity contribution in [1.82, 2.24) is 4.98 Å². The smallest absolute Gasteiger partial charge is 0.291 e. The van der Waals surface area contributed by atoms with Crippen LogP contribution < -0.4 is 16.0 Å². The van der Waals surface area contributed by atoms with E-state index in [9.17, 15) is 10.1 Å². The van der Waals surface area contributed by atoms with Gasteiger partial charge in [-0.05, 0) is 19.1 Å². The van der Waals surface area contributed by atoms with Gasteiger partial charge in [0.05, 0.1) is 35.9 Å². The monoisotopic (exact) mass is 522 g/mol. The molecule has 196 valence electrons. The molecule has 0 radical (unpaired) electrons. The molecule has 1 fully saturated rings. The zero-order chi connectivity index (χ0) is 27.4. The van der Waals surface area contributed by atoms with Gasteiger partial charge in [0.15, 0.2) is 0 Å². The van der Waals surface area contributed by atoms with E-state index >= 15 is 0 Å². The molecule has 3 heterocycles. The van der Waals surface area contributed by atoms with Crippen LogP contribution in [0.2, 0.25) is 0 Å². The van der Waals surface area contributed by atoms with Gasteiger partial charge in [-0.15, -0.1) is 0 Å². The number of ether oxygens (including phenoxy) is 2. The Hall–Kier alpha value is -5.08. The molecule has 11 nitrogen and oxygen atoms in total. The zero-order valence-electron chi connectivity index (χ0n) is 21.2. The number of benzene rings is 2. The van der Waals surface area contributed by atoms with Gasteiger partial charge in [-0.25, -0.2) is 9.98 Å². The van der Waals surface area contributed by atoms with Crippen molar-refractivity contribution in [3.63, 3.8) is 0 Å². The largest absolute Gasteiger partial charge is 0.405 e. The molecule has 0 saturated carbocycles. The summed E-state index contributed by atoms with van der Waals surface area (Å²) in [6.07, 6.45) is 0.106. The highest BCUT2D eigenvalue weighted by molar-refractivity contribution is 6.19. The topological polar surface area (TPSA) is 162 Å². The Balaban J connectivity index is 1.45. The molecule has 0 aliphatic carbocycles. The number of carbonyl (C=O) groups excluding carboxylic acids is 1. The Kier molecular flexibility index (Phi) is 7.29. The molecule has 0 bridgehead atoms. The number of carbonyl (C=O) groups is 1. The third kappa shape index (κ3) is 5.46. The summed E-state index contributed by atoms with van der Waals surface area (Å²) in [5.41, 5.74) is 9.88. The lowest BCUT2D eigenvalue weighted by molar-refractivity contribution is -0.117. The van der Waals surface area contributed by atoms with E-state index in [1.54, 1.807) is 12.1 Å². The first-order chi connectivity index (χ1) is 18.9. The molecular formula is C28H26N8O3. The number of morpholine rings is 1. The number of aliphatic imine (C=N–C) groups is 2. The van der Waals surface area contributed by atoms with E-state index < -0.39 is 18.1 Å². The van der Waals surface area contributed by atoms with Crippen molar-refractivity contribution >= 4 is 34.9 Å². The Morgan fingerprint density at radius 1 is 1.26 bits per heavy atom. The quantitative estimate of drug-likeness (QED) is 0.350. The maximum Gasteiger partial charge on any atom is 0.291 e. The van der Waals surface area contributed by atoms with Gasteiger partial charge >= 0.3 is 0 Å². The van der Waals surface area contributed by atoms with E-state index in [1.165, 1.54) is 6.20 Å². The normalized spacial score (nSPS) is 19.2. The summed E-state index contributed by atoms with van der Waals surface area (Å²) in [5.74, 6) is -0.871. The zero-order valence-corrected chi connectivity index (χ0v) is 21.2. The highest BCUT2D eigenvalue weighted by atomic mass is 16.5. The minimum Gasteiger partial charge on any atom is -0.405 e. The van der Waals surface area contributed by atoms with Gasteiger partial charge < -0.3 is 25.4 Å². The van der Waals surface area contributed by atoms with Crippen molar-refractivity contribution in [2.75, 3.05) is 30.0 Å². The molecule has 2 aliphatic heterocycles. The molecule has 1 saturated heterocycles. The van der Waals surface area contributed by atoms with Gasteiger partial charge in [-0.2, -0.15) is 10.3 Å². The van der Waals surface area contributed by atoms with Crippen molar-refractivity contribution in [3.8, 4) is 6.07 Å². The molecule has 3 aromatic rings. The van der Waals surface area contributed by atoms with Gasteiger partial charge in [0.2, 0.25) is 12.1 Å². The van der Waals surface area contributed by atoms with Gasteiger partial charge in [-0.1, -0.05) is 48.5 Å². The highest BCUT2D eigenvalue weighted by Gasteiger charge is 2.28. The van der Waals surface area contributed by atoms with E-state index in [0.717, 1.165) is 11.1 Å². The van der Waals surface area contributed by atoms with Crippen molar-refractivity contribution in [1.29, 1.82) is 10.7 Å². The van der Waals surface area contributed by atoms with Crippen LogP contribution in [-0.2, 0) is 14.3 Å². The first-order valence-electron chi connectivity index (χ1n) is 12.3. The summed E-state index contributed by atoms with van der Waals surface area (Å²) in [5, 5.41) is 20.8. The number of nitrogens with zero attached hydrogens (tertiary/aromatic N) is 5. The lowest BCUT2D eigenvalue weighted by Gasteiger charge is -2.36. The average Bonchev–Trinajstić information content (AvgIpc) is 3.09. The number of nitrogens with one attached hydrogen (secondary N) is 2. The first-order valence-corrected chi connectivity index (χ1v) is 12.3. The number of hydrogen-bond donors (Lipinski definition) is 3. The van der Waals surface area contributed by atoms with E-state index in [2.05, 4.69) is 26.4 Å². The number of para-hydroxylation sites is 1. The van der Waals surface area contributed by atoms with Gasteiger partial charge in [0.25, 0.3) is 11.9 Å². The fraction of sp³-hybridized carbons (Fsp3) is 0.214. The molecule has 5 rings (SSSR count). The standard InChI is InChI=1S/C28H26N8O3/c1-17-16-38-12-11-36(17)22-13-18(14-29)15-32-24(22)25(30)39-28(31)35-26-27(37)33-21-10-6-5-9-20(21)23(34-26)19-7-3-2-4-8-19/h2-10,13,15,17,26,30H,11-12,16H2,1H3,(H2,31,35)(H,33,37)/t17-,26?/m1/s1. The van der Waals surface area contributed by atoms with E-state index in [1.807, 2.05) is 60.4 Å². The predicted octanol–water partition coefficient (Wildman–Crippen LogP) is 2.65. The van der Waals surface area contributed by atoms with E-state index in [0.29, 0.717) is 42.4 Å². The molecular weight excluding hydrogens is 496 g/mol. The van der Waals surface area contributed by atoms with Crippen LogP contribution in [0.4, 0.5) is 11.4 Å². The van der Waals surface area contributed by atoms with Crippen LogP contribution in [0, 0.1) is 16.7 Å². The lowest BCUT2D eigenvalue weighted by Crippen LogP contribution is -2.44. The minimum atomic E-state index is -1.26. The molecule has 2 aromatic carbocycles. The Morgan fingerprint density at radius 2 is 2.03 bits per heavy atom. The molecule has 1 aromatic heterocycles. The van der Waals surface area contributed by atoms with E-state index in [4.69, 9.17) is 20.6 Å². The molecule has 4 N–H and O–H groups in total. The molecule has 1 unspecified atom stereocenters. The first kappa shape index (κ1) is 25.6. The average molecular weight is 523 g/mol. The fourth-order valence-electron chi connectivity index (χ4n) is 4.45. The summed E-state index contributed by atoms with van der Waals surface area (Å²) >= 11 is 0. The van der Waals surface area contributed by atoms with E-state index in [-0.39, 0.29) is 17.6 Å². The maximum absolute atomic E-state index is 13.1. The molecule has 2 aliphatic rings. The number of nitrogens with two attached hydrogens (primary N) is 1. The van der Waals surface area contributed by atoms with Crippen LogP contribution in [0.3, 0.4) is 0 Å². The number of fused-ring (bicyclic) bond motifs is 1. The van der Waals surface area contributed by atoms with Gasteiger partial charge in [0.1, 0.15) is 11.8 Å². The number of nitriles is 1. The van der Waals surface area contributed by atoms with Crippen molar-refractivity contribution in [2.24, 2.45) is 15.7 Å². The Morgan fingerprint density at radius 3 is 2.79 bits per heavy atom.